The van der Waals surface area contributed by atoms with Crippen molar-refractivity contribution >= 4 is 29.1 Å². The summed E-state index contributed by atoms with van der Waals surface area (Å²) in [7, 11) is 0. The van der Waals surface area contributed by atoms with Gasteiger partial charge in [-0.15, -0.1) is 11.3 Å². The molecular weight excluding hydrogens is 374 g/mol. The summed E-state index contributed by atoms with van der Waals surface area (Å²) in [5.74, 6) is 0.128. The second-order valence-corrected chi connectivity index (χ2v) is 8.27. The van der Waals surface area contributed by atoms with E-state index in [1.54, 1.807) is 11.3 Å². The fraction of sp³-hybridized carbons (Fsp3) is 0.667. The van der Waals surface area contributed by atoms with Crippen LogP contribution in [0.3, 0.4) is 0 Å². The summed E-state index contributed by atoms with van der Waals surface area (Å²) in [5, 5.41) is 4.89. The second kappa shape index (κ2) is 11.8. The van der Waals surface area contributed by atoms with E-state index in [9.17, 15) is 14.4 Å². The first-order valence-corrected chi connectivity index (χ1v) is 11.3. The second-order valence-electron chi connectivity index (χ2n) is 7.27. The van der Waals surface area contributed by atoms with Crippen LogP contribution in [-0.2, 0) is 27.3 Å². The van der Waals surface area contributed by atoms with Crippen LogP contribution >= 0.6 is 11.3 Å². The highest BCUT2D eigenvalue weighted by atomic mass is 32.1. The summed E-state index contributed by atoms with van der Waals surface area (Å²) in [4.78, 5) is 41.6. The van der Waals surface area contributed by atoms with Gasteiger partial charge in [0, 0.05) is 56.9 Å². The van der Waals surface area contributed by atoms with E-state index < -0.39 is 0 Å². The maximum absolute atomic E-state index is 12.3. The molecule has 0 fully saturated rings. The van der Waals surface area contributed by atoms with E-state index in [4.69, 9.17) is 0 Å². The van der Waals surface area contributed by atoms with Crippen molar-refractivity contribution in [3.05, 3.63) is 21.9 Å². The summed E-state index contributed by atoms with van der Waals surface area (Å²) < 4.78 is 0. The Labute approximate surface area is 172 Å². The fourth-order valence-electron chi connectivity index (χ4n) is 3.48. The zero-order chi connectivity index (χ0) is 20.4. The van der Waals surface area contributed by atoms with Gasteiger partial charge in [0.2, 0.25) is 17.7 Å². The molecule has 0 unspecified atom stereocenters. The van der Waals surface area contributed by atoms with Crippen LogP contribution in [0.25, 0.3) is 0 Å². The number of nitrogens with zero attached hydrogens (tertiary/aromatic N) is 2. The Morgan fingerprint density at radius 2 is 1.89 bits per heavy atom. The molecule has 6 nitrogen and oxygen atoms in total. The van der Waals surface area contributed by atoms with Crippen molar-refractivity contribution in [2.75, 3.05) is 26.2 Å². The molecule has 0 spiro atoms. The number of amides is 3. The standard InChI is InChI=1S/C21H33N3O3S/c1-3-12-23(13-4-2)20(26)7-5-6-19(25)22-11-8-21(27)24-14-9-18-17(16-24)10-15-28-18/h10,15H,3-9,11-14,16H2,1-2H3,(H,22,25). The average molecular weight is 408 g/mol. The summed E-state index contributed by atoms with van der Waals surface area (Å²) in [5.41, 5.74) is 1.25. The third-order valence-corrected chi connectivity index (χ3v) is 5.98. The van der Waals surface area contributed by atoms with Gasteiger partial charge in [-0.3, -0.25) is 14.4 Å². The van der Waals surface area contributed by atoms with Crippen LogP contribution < -0.4 is 5.32 Å². The summed E-state index contributed by atoms with van der Waals surface area (Å²) in [6.07, 6.45) is 4.43. The van der Waals surface area contributed by atoms with Gasteiger partial charge in [-0.25, -0.2) is 0 Å². The van der Waals surface area contributed by atoms with Crippen molar-refractivity contribution in [1.29, 1.82) is 0 Å². The molecule has 2 heterocycles. The van der Waals surface area contributed by atoms with Crippen LogP contribution in [0.1, 0.15) is 62.8 Å². The van der Waals surface area contributed by atoms with Crippen molar-refractivity contribution < 1.29 is 14.4 Å². The van der Waals surface area contributed by atoms with Crippen LogP contribution in [0.15, 0.2) is 11.4 Å². The van der Waals surface area contributed by atoms with E-state index >= 15 is 0 Å². The zero-order valence-electron chi connectivity index (χ0n) is 17.2. The number of nitrogens with one attached hydrogen (secondary N) is 1. The average Bonchev–Trinajstić information content (AvgIpc) is 3.15. The Hall–Kier alpha value is -1.89. The zero-order valence-corrected chi connectivity index (χ0v) is 18.0. The molecule has 0 radical (unpaired) electrons. The maximum atomic E-state index is 12.3. The lowest BCUT2D eigenvalue weighted by molar-refractivity contribution is -0.132. The monoisotopic (exact) mass is 407 g/mol. The Bertz CT molecular complexity index is 653. The molecule has 0 saturated carbocycles. The van der Waals surface area contributed by atoms with Gasteiger partial charge in [-0.05, 0) is 42.7 Å². The van der Waals surface area contributed by atoms with E-state index in [2.05, 4.69) is 30.6 Å². The van der Waals surface area contributed by atoms with Crippen LogP contribution in [0, 0.1) is 0 Å². The number of carbonyl (C=O) groups is 3. The Morgan fingerprint density at radius 1 is 1.14 bits per heavy atom. The SMILES string of the molecule is CCCN(CCC)C(=O)CCCC(=O)NCCC(=O)N1CCc2sccc2C1. The van der Waals surface area contributed by atoms with Gasteiger partial charge < -0.3 is 15.1 Å². The molecule has 3 amide bonds. The van der Waals surface area contributed by atoms with Crippen molar-refractivity contribution in [3.8, 4) is 0 Å². The van der Waals surface area contributed by atoms with Crippen molar-refractivity contribution in [3.63, 3.8) is 0 Å². The van der Waals surface area contributed by atoms with E-state index in [-0.39, 0.29) is 17.7 Å². The fourth-order valence-corrected chi connectivity index (χ4v) is 4.37. The van der Waals surface area contributed by atoms with E-state index in [0.717, 1.165) is 38.9 Å². The van der Waals surface area contributed by atoms with Crippen LogP contribution in [0.5, 0.6) is 0 Å². The minimum Gasteiger partial charge on any atom is -0.356 e. The highest BCUT2D eigenvalue weighted by Gasteiger charge is 2.21. The highest BCUT2D eigenvalue weighted by molar-refractivity contribution is 7.10. The molecule has 0 saturated heterocycles. The van der Waals surface area contributed by atoms with Gasteiger partial charge in [0.25, 0.3) is 0 Å². The lowest BCUT2D eigenvalue weighted by atomic mass is 10.1. The molecule has 1 N–H and O–H groups in total. The van der Waals surface area contributed by atoms with Gasteiger partial charge >= 0.3 is 0 Å². The highest BCUT2D eigenvalue weighted by Crippen LogP contribution is 2.24. The number of hydrogen-bond acceptors (Lipinski definition) is 4. The van der Waals surface area contributed by atoms with Gasteiger partial charge in [-0.2, -0.15) is 0 Å². The number of carbonyl (C=O) groups excluding carboxylic acids is 3. The summed E-state index contributed by atoms with van der Waals surface area (Å²) >= 11 is 1.76. The lowest BCUT2D eigenvalue weighted by Crippen LogP contribution is -2.37. The number of hydrogen-bond donors (Lipinski definition) is 1. The van der Waals surface area contributed by atoms with Crippen LogP contribution in [0.2, 0.25) is 0 Å². The predicted octanol–water partition coefficient (Wildman–Crippen LogP) is 2.96. The third kappa shape index (κ3) is 6.93. The number of rotatable bonds is 11. The largest absolute Gasteiger partial charge is 0.356 e. The predicted molar refractivity (Wildman–Crippen MR) is 112 cm³/mol. The first kappa shape index (κ1) is 22.4. The Morgan fingerprint density at radius 3 is 2.61 bits per heavy atom. The molecule has 0 atom stereocenters. The molecule has 1 aromatic rings. The number of fused-ring (bicyclic) bond motifs is 1. The first-order chi connectivity index (χ1) is 13.5. The molecule has 0 aliphatic carbocycles. The lowest BCUT2D eigenvalue weighted by Gasteiger charge is -2.27. The molecule has 0 aromatic carbocycles. The van der Waals surface area contributed by atoms with E-state index in [0.29, 0.717) is 38.8 Å². The van der Waals surface area contributed by atoms with Crippen LogP contribution in [-0.4, -0.2) is 53.7 Å². The van der Waals surface area contributed by atoms with Crippen molar-refractivity contribution in [1.82, 2.24) is 15.1 Å². The van der Waals surface area contributed by atoms with Crippen molar-refractivity contribution in [2.45, 2.75) is 65.3 Å². The number of thiophene rings is 1. The molecule has 0 bridgehead atoms. The Kier molecular flexibility index (Phi) is 9.47. The minimum absolute atomic E-state index is 0.0853. The molecule has 1 aromatic heterocycles. The molecule has 7 heteroatoms. The summed E-state index contributed by atoms with van der Waals surface area (Å²) in [6, 6.07) is 2.09. The van der Waals surface area contributed by atoms with Gasteiger partial charge in [0.05, 0.1) is 0 Å². The minimum atomic E-state index is -0.0862. The van der Waals surface area contributed by atoms with Crippen molar-refractivity contribution in [2.24, 2.45) is 0 Å². The first-order valence-electron chi connectivity index (χ1n) is 10.4. The maximum Gasteiger partial charge on any atom is 0.224 e. The molecule has 28 heavy (non-hydrogen) atoms. The smallest absolute Gasteiger partial charge is 0.224 e. The van der Waals surface area contributed by atoms with Gasteiger partial charge in [0.1, 0.15) is 0 Å². The third-order valence-electron chi connectivity index (χ3n) is 4.96. The van der Waals surface area contributed by atoms with Gasteiger partial charge in [0.15, 0.2) is 0 Å². The quantitative estimate of drug-likeness (QED) is 0.613. The topological polar surface area (TPSA) is 69.7 Å². The molecule has 156 valence electrons. The normalized spacial score (nSPS) is 13.1. The van der Waals surface area contributed by atoms with Crippen LogP contribution in [0.4, 0.5) is 0 Å². The van der Waals surface area contributed by atoms with E-state index in [1.165, 1.54) is 10.4 Å². The molecule has 2 rings (SSSR count). The molecule has 1 aliphatic rings. The Balaban J connectivity index is 1.60. The molecule has 1 aliphatic heterocycles. The molecular formula is C21H33N3O3S. The van der Waals surface area contributed by atoms with E-state index in [1.807, 2.05) is 9.80 Å². The van der Waals surface area contributed by atoms with Gasteiger partial charge in [-0.1, -0.05) is 13.8 Å². The summed E-state index contributed by atoms with van der Waals surface area (Å²) in [6.45, 7) is 7.49.